The van der Waals surface area contributed by atoms with Crippen LogP contribution >= 0.6 is 11.3 Å². The van der Waals surface area contributed by atoms with Gasteiger partial charge in [0.15, 0.2) is 11.5 Å². The van der Waals surface area contributed by atoms with E-state index in [2.05, 4.69) is 5.32 Å². The van der Waals surface area contributed by atoms with Gasteiger partial charge in [0.25, 0.3) is 0 Å². The van der Waals surface area contributed by atoms with Gasteiger partial charge in [-0.2, -0.15) is 0 Å². The highest BCUT2D eigenvalue weighted by atomic mass is 32.1. The molecule has 1 aromatic carbocycles. The van der Waals surface area contributed by atoms with Gasteiger partial charge in [-0.3, -0.25) is 4.79 Å². The standard InChI is InChI=1S/C15H18N2O3S/c1-3-20-12-9-10(6-7-11(12)19-2)17-15(18)14(16)13-5-4-8-21-13/h4-9,14H,3,16H2,1-2H3,(H,17,18). The molecule has 1 amide bonds. The number of carbonyl (C=O) groups excluding carboxylic acids is 1. The minimum absolute atomic E-state index is 0.259. The number of methoxy groups -OCH3 is 1. The number of amides is 1. The Morgan fingerprint density at radius 3 is 2.81 bits per heavy atom. The van der Waals surface area contributed by atoms with Crippen molar-refractivity contribution in [3.8, 4) is 11.5 Å². The summed E-state index contributed by atoms with van der Waals surface area (Å²) in [7, 11) is 1.57. The molecule has 21 heavy (non-hydrogen) atoms. The first-order chi connectivity index (χ1) is 10.2. The number of thiophene rings is 1. The number of benzene rings is 1. The molecule has 2 aromatic rings. The van der Waals surface area contributed by atoms with Crippen LogP contribution in [-0.4, -0.2) is 19.6 Å². The van der Waals surface area contributed by atoms with Gasteiger partial charge >= 0.3 is 0 Å². The van der Waals surface area contributed by atoms with Crippen LogP contribution in [0.5, 0.6) is 11.5 Å². The second-order valence-corrected chi connectivity index (χ2v) is 5.26. The average molecular weight is 306 g/mol. The van der Waals surface area contributed by atoms with Crippen molar-refractivity contribution >= 4 is 22.9 Å². The van der Waals surface area contributed by atoms with E-state index in [-0.39, 0.29) is 5.91 Å². The quantitative estimate of drug-likeness (QED) is 0.860. The average Bonchev–Trinajstić information content (AvgIpc) is 3.01. The summed E-state index contributed by atoms with van der Waals surface area (Å²) in [5.74, 6) is 0.949. The Hall–Kier alpha value is -2.05. The molecule has 2 rings (SSSR count). The molecule has 1 unspecified atom stereocenters. The van der Waals surface area contributed by atoms with Crippen molar-refractivity contribution in [3.05, 3.63) is 40.6 Å². The molecule has 1 heterocycles. The summed E-state index contributed by atoms with van der Waals surface area (Å²) in [4.78, 5) is 13.0. The Morgan fingerprint density at radius 2 is 2.19 bits per heavy atom. The first kappa shape index (κ1) is 15.3. The fourth-order valence-corrected chi connectivity index (χ4v) is 2.57. The van der Waals surface area contributed by atoms with Gasteiger partial charge in [0.1, 0.15) is 6.04 Å². The zero-order chi connectivity index (χ0) is 15.2. The first-order valence-electron chi connectivity index (χ1n) is 6.56. The van der Waals surface area contributed by atoms with Crippen molar-refractivity contribution in [3.63, 3.8) is 0 Å². The fraction of sp³-hybridized carbons (Fsp3) is 0.267. The van der Waals surface area contributed by atoms with Gasteiger partial charge in [-0.05, 0) is 30.5 Å². The number of nitrogens with one attached hydrogen (secondary N) is 1. The summed E-state index contributed by atoms with van der Waals surface area (Å²) in [5, 5.41) is 4.68. The normalized spacial score (nSPS) is 11.8. The third kappa shape index (κ3) is 3.74. The molecule has 0 aliphatic rings. The van der Waals surface area contributed by atoms with Crippen LogP contribution in [0.25, 0.3) is 0 Å². The van der Waals surface area contributed by atoms with Crippen LogP contribution in [0, 0.1) is 0 Å². The highest BCUT2D eigenvalue weighted by Crippen LogP contribution is 2.30. The van der Waals surface area contributed by atoms with E-state index in [1.807, 2.05) is 24.4 Å². The molecule has 0 fully saturated rings. The Bertz CT molecular complexity index is 599. The lowest BCUT2D eigenvalue weighted by atomic mass is 10.2. The maximum Gasteiger partial charge on any atom is 0.246 e. The Morgan fingerprint density at radius 1 is 1.38 bits per heavy atom. The molecule has 1 aromatic heterocycles. The minimum atomic E-state index is -0.678. The van der Waals surface area contributed by atoms with Crippen LogP contribution in [0.4, 0.5) is 5.69 Å². The molecular formula is C15H18N2O3S. The van der Waals surface area contributed by atoms with Crippen molar-refractivity contribution in [1.29, 1.82) is 0 Å². The highest BCUT2D eigenvalue weighted by Gasteiger charge is 2.17. The van der Waals surface area contributed by atoms with Crippen LogP contribution in [0.1, 0.15) is 17.8 Å². The van der Waals surface area contributed by atoms with E-state index in [9.17, 15) is 4.79 Å². The van der Waals surface area contributed by atoms with Gasteiger partial charge in [-0.15, -0.1) is 11.3 Å². The molecule has 0 spiro atoms. The Kier molecular flexibility index (Phi) is 5.19. The van der Waals surface area contributed by atoms with E-state index in [0.717, 1.165) is 4.88 Å². The lowest BCUT2D eigenvalue weighted by molar-refractivity contribution is -0.117. The van der Waals surface area contributed by atoms with Crippen molar-refractivity contribution < 1.29 is 14.3 Å². The predicted octanol–water partition coefficient (Wildman–Crippen LogP) is 2.79. The minimum Gasteiger partial charge on any atom is -0.493 e. The number of hydrogen-bond donors (Lipinski definition) is 2. The smallest absolute Gasteiger partial charge is 0.246 e. The molecule has 6 heteroatoms. The van der Waals surface area contributed by atoms with E-state index in [4.69, 9.17) is 15.2 Å². The summed E-state index contributed by atoms with van der Waals surface area (Å²) in [6.07, 6.45) is 0. The molecule has 0 saturated carbocycles. The summed E-state index contributed by atoms with van der Waals surface area (Å²) in [5.41, 5.74) is 6.55. The molecule has 0 bridgehead atoms. The molecule has 0 radical (unpaired) electrons. The maximum atomic E-state index is 12.1. The number of nitrogens with two attached hydrogens (primary N) is 1. The molecule has 0 saturated heterocycles. The van der Waals surface area contributed by atoms with Crippen LogP contribution < -0.4 is 20.5 Å². The van der Waals surface area contributed by atoms with Gasteiger partial charge in [-0.25, -0.2) is 0 Å². The zero-order valence-electron chi connectivity index (χ0n) is 12.0. The number of hydrogen-bond acceptors (Lipinski definition) is 5. The SMILES string of the molecule is CCOc1cc(NC(=O)C(N)c2cccs2)ccc1OC. The summed E-state index contributed by atoms with van der Waals surface area (Å²) < 4.78 is 10.7. The van der Waals surface area contributed by atoms with Gasteiger partial charge in [0.05, 0.1) is 13.7 Å². The van der Waals surface area contributed by atoms with Gasteiger partial charge < -0.3 is 20.5 Å². The molecule has 0 aliphatic carbocycles. The Labute approximate surface area is 127 Å². The summed E-state index contributed by atoms with van der Waals surface area (Å²) >= 11 is 1.46. The fourth-order valence-electron chi connectivity index (χ4n) is 1.84. The number of rotatable bonds is 6. The lowest BCUT2D eigenvalue weighted by Crippen LogP contribution is -2.26. The number of carbonyl (C=O) groups is 1. The Balaban J connectivity index is 2.12. The van der Waals surface area contributed by atoms with Crippen molar-refractivity contribution in [1.82, 2.24) is 0 Å². The summed E-state index contributed by atoms with van der Waals surface area (Å²) in [6, 6.07) is 8.25. The third-order valence-corrected chi connectivity index (χ3v) is 3.82. The third-order valence-electron chi connectivity index (χ3n) is 2.86. The van der Waals surface area contributed by atoms with E-state index < -0.39 is 6.04 Å². The number of ether oxygens (including phenoxy) is 2. The highest BCUT2D eigenvalue weighted by molar-refractivity contribution is 7.10. The molecule has 3 N–H and O–H groups in total. The van der Waals surface area contributed by atoms with E-state index in [1.54, 1.807) is 25.3 Å². The van der Waals surface area contributed by atoms with Gasteiger partial charge in [0, 0.05) is 16.6 Å². The topological polar surface area (TPSA) is 73.6 Å². The molecule has 0 aliphatic heterocycles. The largest absolute Gasteiger partial charge is 0.493 e. The maximum absolute atomic E-state index is 12.1. The molecule has 112 valence electrons. The van der Waals surface area contributed by atoms with Crippen molar-refractivity contribution in [2.75, 3.05) is 19.0 Å². The lowest BCUT2D eigenvalue weighted by Gasteiger charge is -2.14. The van der Waals surface area contributed by atoms with Crippen molar-refractivity contribution in [2.45, 2.75) is 13.0 Å². The molecule has 1 atom stereocenters. The molecular weight excluding hydrogens is 288 g/mol. The van der Waals surface area contributed by atoms with E-state index in [0.29, 0.717) is 23.8 Å². The second-order valence-electron chi connectivity index (χ2n) is 4.28. The summed E-state index contributed by atoms with van der Waals surface area (Å²) in [6.45, 7) is 2.40. The van der Waals surface area contributed by atoms with Crippen LogP contribution in [0.15, 0.2) is 35.7 Å². The van der Waals surface area contributed by atoms with E-state index in [1.165, 1.54) is 11.3 Å². The van der Waals surface area contributed by atoms with E-state index >= 15 is 0 Å². The van der Waals surface area contributed by atoms with Gasteiger partial charge in [-0.1, -0.05) is 6.07 Å². The second kappa shape index (κ2) is 7.10. The molecule has 5 nitrogen and oxygen atoms in total. The number of anilines is 1. The van der Waals surface area contributed by atoms with Crippen LogP contribution in [0.3, 0.4) is 0 Å². The van der Waals surface area contributed by atoms with Crippen molar-refractivity contribution in [2.24, 2.45) is 5.73 Å². The predicted molar refractivity (Wildman–Crippen MR) is 84.0 cm³/mol. The van der Waals surface area contributed by atoms with Crippen LogP contribution in [0.2, 0.25) is 0 Å². The monoisotopic (exact) mass is 306 g/mol. The van der Waals surface area contributed by atoms with Crippen LogP contribution in [-0.2, 0) is 4.79 Å². The first-order valence-corrected chi connectivity index (χ1v) is 7.44. The zero-order valence-corrected chi connectivity index (χ0v) is 12.8. The van der Waals surface area contributed by atoms with Gasteiger partial charge in [0.2, 0.25) is 5.91 Å².